The molecule has 0 aromatic carbocycles. The van der Waals surface area contributed by atoms with Gasteiger partial charge in [-0.1, -0.05) is 6.08 Å². The third kappa shape index (κ3) is 4.95. The van der Waals surface area contributed by atoms with E-state index in [0.717, 1.165) is 0 Å². The third-order valence-electron chi connectivity index (χ3n) is 1.84. The van der Waals surface area contributed by atoms with Crippen molar-refractivity contribution in [2.75, 3.05) is 5.75 Å². The van der Waals surface area contributed by atoms with Crippen molar-refractivity contribution in [1.29, 1.82) is 0 Å². The van der Waals surface area contributed by atoms with Gasteiger partial charge in [-0.05, 0) is 31.7 Å². The minimum absolute atomic E-state index is 0.308. The Morgan fingerprint density at radius 1 is 1.53 bits per heavy atom. The second-order valence-electron chi connectivity index (χ2n) is 4.62. The molecule has 94 valence electrons. The van der Waals surface area contributed by atoms with Crippen LogP contribution in [0.2, 0.25) is 0 Å². The van der Waals surface area contributed by atoms with Gasteiger partial charge in [0, 0.05) is 11.3 Å². The monoisotopic (exact) mass is 257 g/mol. The van der Waals surface area contributed by atoms with Crippen molar-refractivity contribution in [3.05, 3.63) is 22.5 Å². The van der Waals surface area contributed by atoms with Crippen LogP contribution in [0.4, 0.5) is 0 Å². The molecule has 0 unspecified atom stereocenters. The molecular formula is C10H16BNO4S. The van der Waals surface area contributed by atoms with E-state index in [4.69, 9.17) is 14.9 Å². The van der Waals surface area contributed by atoms with Crippen LogP contribution in [0.25, 0.3) is 0 Å². The van der Waals surface area contributed by atoms with Crippen molar-refractivity contribution >= 4 is 24.8 Å². The maximum Gasteiger partial charge on any atom is 0.488 e. The van der Waals surface area contributed by atoms with Crippen LogP contribution in [0.3, 0.4) is 0 Å². The Morgan fingerprint density at radius 2 is 2.18 bits per heavy atom. The van der Waals surface area contributed by atoms with E-state index in [9.17, 15) is 4.79 Å². The molecule has 5 nitrogen and oxygen atoms in total. The summed E-state index contributed by atoms with van der Waals surface area (Å²) in [5.74, 6) is 0.119. The van der Waals surface area contributed by atoms with Gasteiger partial charge in [0.2, 0.25) is 0 Å². The molecule has 3 N–H and O–H groups in total. The number of hydrogen-bond acceptors (Lipinski definition) is 5. The number of rotatable bonds is 3. The minimum atomic E-state index is -1.56. The first kappa shape index (κ1) is 14.3. The molecule has 1 heterocycles. The Kier molecular flexibility index (Phi) is 4.82. The molecular weight excluding hydrogens is 241 g/mol. The summed E-state index contributed by atoms with van der Waals surface area (Å²) in [6.45, 7) is 5.46. The van der Waals surface area contributed by atoms with Gasteiger partial charge < -0.3 is 10.0 Å². The SMILES string of the molecule is CC(C)(C)ONC(=O)C1=CC(B(O)O)=CSC1. The summed E-state index contributed by atoms with van der Waals surface area (Å²) in [5, 5.41) is 19.6. The van der Waals surface area contributed by atoms with Crippen LogP contribution in [0.15, 0.2) is 22.5 Å². The predicted molar refractivity (Wildman–Crippen MR) is 67.8 cm³/mol. The maximum absolute atomic E-state index is 11.7. The molecule has 1 aliphatic rings. The largest absolute Gasteiger partial charge is 0.488 e. The zero-order chi connectivity index (χ0) is 13.1. The van der Waals surface area contributed by atoms with Crippen LogP contribution in [-0.2, 0) is 9.63 Å². The second-order valence-corrected chi connectivity index (χ2v) is 5.48. The Morgan fingerprint density at radius 3 is 2.71 bits per heavy atom. The summed E-state index contributed by atoms with van der Waals surface area (Å²) in [5.41, 5.74) is 2.63. The normalized spacial score (nSPS) is 16.1. The molecule has 0 fully saturated rings. The topological polar surface area (TPSA) is 78.8 Å². The first-order chi connectivity index (χ1) is 7.79. The summed E-state index contributed by atoms with van der Waals surface area (Å²) in [6, 6.07) is 0. The molecule has 0 radical (unpaired) electrons. The van der Waals surface area contributed by atoms with E-state index in [1.54, 1.807) is 5.41 Å². The maximum atomic E-state index is 11.7. The van der Waals surface area contributed by atoms with Gasteiger partial charge in [0.25, 0.3) is 5.91 Å². The van der Waals surface area contributed by atoms with Crippen molar-refractivity contribution in [2.24, 2.45) is 0 Å². The van der Waals surface area contributed by atoms with Crippen molar-refractivity contribution < 1.29 is 19.7 Å². The number of hydroxylamine groups is 1. The Labute approximate surface area is 105 Å². The molecule has 1 aliphatic heterocycles. The number of amides is 1. The number of carbonyl (C=O) groups excluding carboxylic acids is 1. The summed E-state index contributed by atoms with van der Waals surface area (Å²) in [6.07, 6.45) is 1.46. The molecule has 0 atom stereocenters. The lowest BCUT2D eigenvalue weighted by atomic mass is 9.79. The Balaban J connectivity index is 2.61. The van der Waals surface area contributed by atoms with Crippen molar-refractivity contribution in [3.63, 3.8) is 0 Å². The molecule has 0 bridgehead atoms. The number of thioether (sulfide) groups is 1. The molecule has 0 aromatic rings. The lowest BCUT2D eigenvalue weighted by molar-refractivity contribution is -0.141. The summed E-state index contributed by atoms with van der Waals surface area (Å²) in [4.78, 5) is 16.9. The molecule has 0 saturated heterocycles. The molecule has 0 saturated carbocycles. The fourth-order valence-corrected chi connectivity index (χ4v) is 1.90. The van der Waals surface area contributed by atoms with Crippen LogP contribution in [0, 0.1) is 0 Å². The fraction of sp³-hybridized carbons (Fsp3) is 0.500. The van der Waals surface area contributed by atoms with E-state index < -0.39 is 12.7 Å². The molecule has 7 heteroatoms. The first-order valence-electron chi connectivity index (χ1n) is 5.16. The van der Waals surface area contributed by atoms with Gasteiger partial charge in [-0.2, -0.15) is 0 Å². The summed E-state index contributed by atoms with van der Waals surface area (Å²) < 4.78 is 0. The number of nitrogens with one attached hydrogen (secondary N) is 1. The van der Waals surface area contributed by atoms with Gasteiger partial charge in [0.05, 0.1) is 5.60 Å². The van der Waals surface area contributed by atoms with Crippen LogP contribution < -0.4 is 5.48 Å². The zero-order valence-corrected chi connectivity index (χ0v) is 10.9. The Bertz CT molecular complexity index is 360. The summed E-state index contributed by atoms with van der Waals surface area (Å²) >= 11 is 1.33. The number of allylic oxidation sites excluding steroid dienone is 2. The number of carbonyl (C=O) groups is 1. The van der Waals surface area contributed by atoms with Crippen LogP contribution in [-0.4, -0.2) is 34.4 Å². The lowest BCUT2D eigenvalue weighted by Crippen LogP contribution is -2.35. The molecule has 0 aliphatic carbocycles. The van der Waals surface area contributed by atoms with Crippen LogP contribution in [0.5, 0.6) is 0 Å². The van der Waals surface area contributed by atoms with Crippen molar-refractivity contribution in [3.8, 4) is 0 Å². The van der Waals surface area contributed by atoms with E-state index in [1.165, 1.54) is 17.8 Å². The van der Waals surface area contributed by atoms with E-state index >= 15 is 0 Å². The summed E-state index contributed by atoms with van der Waals surface area (Å²) in [7, 11) is -1.56. The molecule has 0 aromatic heterocycles. The third-order valence-corrected chi connectivity index (χ3v) is 2.76. The van der Waals surface area contributed by atoms with Gasteiger partial charge in [0.15, 0.2) is 0 Å². The average molecular weight is 257 g/mol. The lowest BCUT2D eigenvalue weighted by Gasteiger charge is -2.20. The molecule has 17 heavy (non-hydrogen) atoms. The van der Waals surface area contributed by atoms with Crippen LogP contribution in [0.1, 0.15) is 20.8 Å². The molecule has 1 amide bonds. The van der Waals surface area contributed by atoms with Gasteiger partial charge >= 0.3 is 7.12 Å². The van der Waals surface area contributed by atoms with E-state index in [2.05, 4.69) is 5.48 Å². The smallest absolute Gasteiger partial charge is 0.423 e. The minimum Gasteiger partial charge on any atom is -0.423 e. The highest BCUT2D eigenvalue weighted by atomic mass is 32.2. The predicted octanol–water partition coefficient (Wildman–Crippen LogP) is 0.402. The Hall–Kier alpha value is -0.755. The van der Waals surface area contributed by atoms with Gasteiger partial charge in [-0.25, -0.2) is 5.48 Å². The average Bonchev–Trinajstić information content (AvgIpc) is 2.25. The highest BCUT2D eigenvalue weighted by Crippen LogP contribution is 2.21. The zero-order valence-electron chi connectivity index (χ0n) is 10.1. The van der Waals surface area contributed by atoms with Gasteiger partial charge in [-0.3, -0.25) is 9.63 Å². The van der Waals surface area contributed by atoms with E-state index in [0.29, 0.717) is 16.8 Å². The molecule has 1 rings (SSSR count). The highest BCUT2D eigenvalue weighted by Gasteiger charge is 2.21. The van der Waals surface area contributed by atoms with Crippen molar-refractivity contribution in [2.45, 2.75) is 26.4 Å². The van der Waals surface area contributed by atoms with Gasteiger partial charge in [0.1, 0.15) is 0 Å². The molecule has 0 spiro atoms. The van der Waals surface area contributed by atoms with E-state index in [1.807, 2.05) is 20.8 Å². The highest BCUT2D eigenvalue weighted by molar-refractivity contribution is 8.02. The van der Waals surface area contributed by atoms with Crippen molar-refractivity contribution in [1.82, 2.24) is 5.48 Å². The van der Waals surface area contributed by atoms with Gasteiger partial charge in [-0.15, -0.1) is 11.8 Å². The number of hydrogen-bond donors (Lipinski definition) is 3. The van der Waals surface area contributed by atoms with E-state index in [-0.39, 0.29) is 5.91 Å². The van der Waals surface area contributed by atoms with Crippen LogP contribution >= 0.6 is 11.8 Å². The first-order valence-corrected chi connectivity index (χ1v) is 6.21. The second kappa shape index (κ2) is 5.73. The standard InChI is InChI=1S/C10H16BNO4S/c1-10(2,3)16-12-9(13)7-4-8(11(14)15)6-17-5-7/h4,6,14-15H,5H2,1-3H3,(H,12,13). The fourth-order valence-electron chi connectivity index (χ4n) is 1.04. The quantitative estimate of drug-likeness (QED) is 0.504.